The normalized spacial score (nSPS) is 19.6. The lowest BCUT2D eigenvalue weighted by molar-refractivity contribution is -0.124. The van der Waals surface area contributed by atoms with Crippen molar-refractivity contribution < 1.29 is 21.8 Å². The van der Waals surface area contributed by atoms with Crippen LogP contribution >= 0.6 is 28.1 Å². The molecular weight excluding hydrogens is 485 g/mol. The van der Waals surface area contributed by atoms with Gasteiger partial charge in [-0.3, -0.25) is 4.79 Å². The number of hydrogen-bond donors (Lipinski definition) is 1. The van der Waals surface area contributed by atoms with Gasteiger partial charge in [-0.05, 0) is 63.5 Å². The first kappa shape index (κ1) is 21.6. The first-order valence-electron chi connectivity index (χ1n) is 8.27. The number of thiocarbonyl (C=S) groups is 1. The van der Waals surface area contributed by atoms with Gasteiger partial charge in [0.1, 0.15) is 11.6 Å². The van der Waals surface area contributed by atoms with Gasteiger partial charge >= 0.3 is 10.3 Å². The highest BCUT2D eigenvalue weighted by molar-refractivity contribution is 9.10. The lowest BCUT2D eigenvalue weighted by Gasteiger charge is -2.35. The molecule has 0 spiro atoms. The molecule has 154 valence electrons. The molecule has 1 saturated heterocycles. The lowest BCUT2D eigenvalue weighted by atomic mass is 9.81. The van der Waals surface area contributed by atoms with E-state index in [1.165, 1.54) is 44.4 Å². The topological polar surface area (TPSA) is 79.0 Å². The molecule has 29 heavy (non-hydrogen) atoms. The summed E-state index contributed by atoms with van der Waals surface area (Å²) in [5.41, 5.74) is -0.588. The van der Waals surface area contributed by atoms with Crippen LogP contribution in [0, 0.1) is 5.82 Å². The van der Waals surface area contributed by atoms with Gasteiger partial charge < -0.3 is 14.4 Å². The van der Waals surface area contributed by atoms with Crippen molar-refractivity contribution in [3.63, 3.8) is 0 Å². The molecule has 1 N–H and O–H groups in total. The fourth-order valence-corrected chi connectivity index (χ4v) is 4.19. The number of amides is 1. The molecule has 11 heteroatoms. The van der Waals surface area contributed by atoms with E-state index in [4.69, 9.17) is 16.4 Å². The molecule has 1 aliphatic heterocycles. The number of carbonyl (C=O) groups excluding carboxylic acids is 1. The Balaban J connectivity index is 2.21. The summed E-state index contributed by atoms with van der Waals surface area (Å²) in [7, 11) is 0.318. The van der Waals surface area contributed by atoms with Crippen molar-refractivity contribution in [3.8, 4) is 5.75 Å². The maximum atomic E-state index is 13.8. The van der Waals surface area contributed by atoms with Crippen LogP contribution in [-0.4, -0.2) is 49.8 Å². The Hall–Kier alpha value is -2.08. The lowest BCUT2D eigenvalue weighted by Crippen LogP contribution is -2.46. The van der Waals surface area contributed by atoms with E-state index in [2.05, 4.69) is 21.2 Å². The molecule has 0 radical (unpaired) electrons. The SMILES string of the molecule is CN1C(=S)NC(=O)C1(c1cccc(OS(=O)(=O)N(C)C)c1)c1ccc(F)c(Br)c1. The third-order valence-corrected chi connectivity index (χ3v) is 6.88. The monoisotopic (exact) mass is 501 g/mol. The molecule has 1 atom stereocenters. The molecule has 0 saturated carbocycles. The van der Waals surface area contributed by atoms with Crippen molar-refractivity contribution in [1.29, 1.82) is 0 Å². The smallest absolute Gasteiger partial charge is 0.371 e. The third kappa shape index (κ3) is 3.63. The zero-order chi connectivity index (χ0) is 21.6. The number of carbonyl (C=O) groups is 1. The quantitative estimate of drug-likeness (QED) is 0.633. The van der Waals surface area contributed by atoms with Gasteiger partial charge in [0.15, 0.2) is 10.7 Å². The van der Waals surface area contributed by atoms with Crippen LogP contribution in [0.2, 0.25) is 0 Å². The number of halogens is 2. The van der Waals surface area contributed by atoms with E-state index in [9.17, 15) is 17.6 Å². The van der Waals surface area contributed by atoms with Crippen molar-refractivity contribution in [3.05, 3.63) is 63.9 Å². The second-order valence-electron chi connectivity index (χ2n) is 6.51. The summed E-state index contributed by atoms with van der Waals surface area (Å²) in [5, 5.41) is 2.80. The molecule has 2 aromatic rings. The fraction of sp³-hybridized carbons (Fsp3) is 0.222. The van der Waals surface area contributed by atoms with Gasteiger partial charge in [0.05, 0.1) is 4.47 Å². The second kappa shape index (κ2) is 7.63. The summed E-state index contributed by atoms with van der Waals surface area (Å²) < 4.78 is 44.2. The first-order chi connectivity index (χ1) is 13.5. The Kier molecular flexibility index (Phi) is 5.69. The van der Waals surface area contributed by atoms with Crippen LogP contribution in [0.15, 0.2) is 46.9 Å². The van der Waals surface area contributed by atoms with Crippen LogP contribution < -0.4 is 9.50 Å². The van der Waals surface area contributed by atoms with Crippen LogP contribution in [-0.2, 0) is 20.6 Å². The molecule has 1 unspecified atom stereocenters. The number of likely N-dealkylation sites (N-methyl/N-ethyl adjacent to an activating group) is 1. The summed E-state index contributed by atoms with van der Waals surface area (Å²) in [5.74, 6) is -0.909. The van der Waals surface area contributed by atoms with Crippen molar-refractivity contribution in [2.45, 2.75) is 5.54 Å². The van der Waals surface area contributed by atoms with E-state index in [0.717, 1.165) is 4.31 Å². The maximum absolute atomic E-state index is 13.8. The number of nitrogens with one attached hydrogen (secondary N) is 1. The number of benzene rings is 2. The Labute approximate surface area is 181 Å². The van der Waals surface area contributed by atoms with Gasteiger partial charge in [-0.15, -0.1) is 0 Å². The predicted octanol–water partition coefficient (Wildman–Crippen LogP) is 2.36. The summed E-state index contributed by atoms with van der Waals surface area (Å²) >= 11 is 8.40. The summed E-state index contributed by atoms with van der Waals surface area (Å²) in [6, 6.07) is 10.3. The summed E-state index contributed by atoms with van der Waals surface area (Å²) in [6.45, 7) is 0. The predicted molar refractivity (Wildman–Crippen MR) is 113 cm³/mol. The molecule has 1 aliphatic rings. The van der Waals surface area contributed by atoms with Gasteiger partial charge in [0, 0.05) is 21.1 Å². The standard InChI is InChI=1S/C18H17BrFN3O4S2/c1-22(2)29(25,26)27-13-6-4-5-11(9-13)18(16(24)21-17(28)23(18)3)12-7-8-15(20)14(19)10-12/h4-10H,1-3H3,(H,21,24,28). The highest BCUT2D eigenvalue weighted by Gasteiger charge is 2.52. The Morgan fingerprint density at radius 1 is 1.21 bits per heavy atom. The molecule has 7 nitrogen and oxygen atoms in total. The van der Waals surface area contributed by atoms with Crippen LogP contribution in [0.25, 0.3) is 0 Å². The van der Waals surface area contributed by atoms with Crippen molar-refractivity contribution in [2.75, 3.05) is 21.1 Å². The van der Waals surface area contributed by atoms with E-state index < -0.39 is 27.6 Å². The molecular formula is C18H17BrFN3O4S2. The van der Waals surface area contributed by atoms with Gasteiger partial charge in [-0.1, -0.05) is 18.2 Å². The van der Waals surface area contributed by atoms with Crippen LogP contribution in [0.4, 0.5) is 4.39 Å². The molecule has 1 amide bonds. The van der Waals surface area contributed by atoms with E-state index in [1.807, 2.05) is 0 Å². The number of rotatable bonds is 5. The van der Waals surface area contributed by atoms with E-state index >= 15 is 0 Å². The van der Waals surface area contributed by atoms with Gasteiger partial charge in [0.25, 0.3) is 5.91 Å². The molecule has 1 heterocycles. The third-order valence-electron chi connectivity index (χ3n) is 4.59. The molecule has 0 bridgehead atoms. The van der Waals surface area contributed by atoms with Crippen LogP contribution in [0.1, 0.15) is 11.1 Å². The Morgan fingerprint density at radius 3 is 2.41 bits per heavy atom. The van der Waals surface area contributed by atoms with Gasteiger partial charge in [0.2, 0.25) is 0 Å². The molecule has 0 aromatic heterocycles. The highest BCUT2D eigenvalue weighted by Crippen LogP contribution is 2.41. The van der Waals surface area contributed by atoms with E-state index in [0.29, 0.717) is 11.1 Å². The van der Waals surface area contributed by atoms with Crippen LogP contribution in [0.5, 0.6) is 5.75 Å². The molecule has 1 fully saturated rings. The first-order valence-corrected chi connectivity index (χ1v) is 10.8. The largest absolute Gasteiger partial charge is 0.384 e. The second-order valence-corrected chi connectivity index (χ2v) is 9.50. The minimum Gasteiger partial charge on any atom is -0.371 e. The van der Waals surface area contributed by atoms with Crippen molar-refractivity contribution in [1.82, 2.24) is 14.5 Å². The average Bonchev–Trinajstić information content (AvgIpc) is 2.87. The van der Waals surface area contributed by atoms with E-state index in [1.54, 1.807) is 24.1 Å². The molecule has 3 rings (SSSR count). The summed E-state index contributed by atoms with van der Waals surface area (Å²) in [4.78, 5) is 14.6. The van der Waals surface area contributed by atoms with Crippen molar-refractivity contribution >= 4 is 49.5 Å². The maximum Gasteiger partial charge on any atom is 0.384 e. The van der Waals surface area contributed by atoms with Gasteiger partial charge in [-0.2, -0.15) is 12.7 Å². The number of hydrogen-bond acceptors (Lipinski definition) is 5. The minimum absolute atomic E-state index is 0.0239. The summed E-state index contributed by atoms with van der Waals surface area (Å²) in [6.07, 6.45) is 0. The fourth-order valence-electron chi connectivity index (χ4n) is 3.08. The van der Waals surface area contributed by atoms with Gasteiger partial charge in [-0.25, -0.2) is 4.39 Å². The Morgan fingerprint density at radius 2 is 1.86 bits per heavy atom. The highest BCUT2D eigenvalue weighted by atomic mass is 79.9. The molecule has 0 aliphatic carbocycles. The van der Waals surface area contributed by atoms with E-state index in [-0.39, 0.29) is 15.3 Å². The minimum atomic E-state index is -3.99. The molecule has 2 aromatic carbocycles. The number of nitrogens with zero attached hydrogens (tertiary/aromatic N) is 2. The average molecular weight is 502 g/mol. The zero-order valence-electron chi connectivity index (χ0n) is 15.6. The van der Waals surface area contributed by atoms with Crippen LogP contribution in [0.3, 0.4) is 0 Å². The zero-order valence-corrected chi connectivity index (χ0v) is 18.9. The van der Waals surface area contributed by atoms with Crippen molar-refractivity contribution in [2.24, 2.45) is 0 Å². The Bertz CT molecular complexity index is 1110.